The monoisotopic (exact) mass is 446 g/mol. The molecule has 0 aliphatic rings. The molecule has 0 fully saturated rings. The number of aromatic nitrogens is 1. The number of nitrogens with zero attached hydrogens (tertiary/aromatic N) is 2. The van der Waals surface area contributed by atoms with Gasteiger partial charge in [0.2, 0.25) is 0 Å². The summed E-state index contributed by atoms with van der Waals surface area (Å²) in [5.74, 6) is 0.859. The van der Waals surface area contributed by atoms with Crippen molar-refractivity contribution in [3.05, 3.63) is 108 Å². The fraction of sp³-hybridized carbons (Fsp3) is 0.240. The molecule has 2 aromatic carbocycles. The molecule has 0 aliphatic carbocycles. The van der Waals surface area contributed by atoms with Crippen molar-refractivity contribution in [2.45, 2.75) is 39.5 Å². The van der Waals surface area contributed by atoms with E-state index in [9.17, 15) is 0 Å². The Balaban J connectivity index is 0.000000478. The van der Waals surface area contributed by atoms with Gasteiger partial charge in [0, 0.05) is 11.9 Å². The molecule has 0 saturated heterocycles. The van der Waals surface area contributed by atoms with Gasteiger partial charge in [-0.1, -0.05) is 63.1 Å². The van der Waals surface area contributed by atoms with Gasteiger partial charge in [-0.15, -0.1) is 18.0 Å². The van der Waals surface area contributed by atoms with Crippen LogP contribution in [0.2, 0.25) is 0 Å². The molecule has 2 nitrogen and oxygen atoms in total. The normalized spacial score (nSPS) is 9.93. The molecular weight excluding hydrogens is 420 g/mol. The maximum absolute atomic E-state index is 4.81. The molecular formula is C25H28N2Zr. The van der Waals surface area contributed by atoms with Crippen molar-refractivity contribution in [1.82, 2.24) is 4.98 Å². The number of para-hydroxylation sites is 1. The Morgan fingerprint density at radius 3 is 1.86 bits per heavy atom. The third-order valence-corrected chi connectivity index (χ3v) is 4.16. The van der Waals surface area contributed by atoms with Gasteiger partial charge in [-0.3, -0.25) is 4.98 Å². The van der Waals surface area contributed by atoms with Crippen LogP contribution >= 0.6 is 0 Å². The van der Waals surface area contributed by atoms with Crippen LogP contribution in [0.4, 0.5) is 5.69 Å². The maximum atomic E-state index is 4.81. The number of benzene rings is 2. The number of rotatable bonds is 5. The topological polar surface area (TPSA) is 27.0 Å². The van der Waals surface area contributed by atoms with E-state index in [4.69, 9.17) is 5.32 Å². The molecule has 0 N–H and O–H groups in total. The van der Waals surface area contributed by atoms with E-state index in [2.05, 4.69) is 63.5 Å². The molecule has 3 rings (SSSR count). The maximum Gasteiger partial charge on any atom is 2.00 e. The minimum atomic E-state index is 0. The molecule has 142 valence electrons. The van der Waals surface area contributed by atoms with Gasteiger partial charge in [0.1, 0.15) is 0 Å². The predicted octanol–water partition coefficient (Wildman–Crippen LogP) is 7.49. The van der Waals surface area contributed by atoms with Crippen molar-refractivity contribution in [2.75, 3.05) is 0 Å². The van der Waals surface area contributed by atoms with Gasteiger partial charge < -0.3 is 5.32 Å². The quantitative estimate of drug-likeness (QED) is 0.372. The second kappa shape index (κ2) is 12.5. The predicted molar refractivity (Wildman–Crippen MR) is 116 cm³/mol. The fourth-order valence-electron chi connectivity index (χ4n) is 2.71. The molecule has 0 unspecified atom stereocenters. The van der Waals surface area contributed by atoms with E-state index in [1.165, 1.54) is 11.1 Å². The first kappa shape index (κ1) is 24.1. The second-order valence-corrected chi connectivity index (χ2v) is 6.95. The average Bonchev–Trinajstić information content (AvgIpc) is 2.70. The van der Waals surface area contributed by atoms with Crippen molar-refractivity contribution in [1.29, 1.82) is 0 Å². The number of pyridine rings is 1. The first-order valence-electron chi connectivity index (χ1n) is 9.36. The fourth-order valence-corrected chi connectivity index (χ4v) is 2.71. The molecule has 0 bridgehead atoms. The Labute approximate surface area is 189 Å². The summed E-state index contributed by atoms with van der Waals surface area (Å²) >= 11 is 0. The summed E-state index contributed by atoms with van der Waals surface area (Å²) in [6.45, 7) is 12.9. The van der Waals surface area contributed by atoms with Crippen molar-refractivity contribution < 1.29 is 26.2 Å². The molecule has 3 heteroatoms. The van der Waals surface area contributed by atoms with Crippen LogP contribution in [-0.4, -0.2) is 4.98 Å². The molecule has 0 aliphatic heterocycles. The Kier molecular flexibility index (Phi) is 10.7. The van der Waals surface area contributed by atoms with Crippen LogP contribution in [0.1, 0.15) is 56.4 Å². The first-order valence-corrected chi connectivity index (χ1v) is 9.36. The Bertz CT molecular complexity index is 775. The Hall–Kier alpha value is -1.99. The van der Waals surface area contributed by atoms with E-state index in [1.807, 2.05) is 48.5 Å². The van der Waals surface area contributed by atoms with E-state index in [-0.39, 0.29) is 26.2 Å². The van der Waals surface area contributed by atoms with Crippen molar-refractivity contribution in [3.8, 4) is 0 Å². The summed E-state index contributed by atoms with van der Waals surface area (Å²) in [5.41, 5.74) is 5.12. The Morgan fingerprint density at radius 2 is 1.46 bits per heavy atom. The van der Waals surface area contributed by atoms with E-state index in [1.54, 1.807) is 6.20 Å². The SMILES string of the molecule is C=C([N-]c1c(C(C)C)cccc1C(C)C)c1ccccn1.[Zr+2].[c-]1ccccc1. The molecule has 0 atom stereocenters. The molecule has 0 spiro atoms. The largest absolute Gasteiger partial charge is 2.00 e. The number of hydrogen-bond acceptors (Lipinski definition) is 1. The van der Waals surface area contributed by atoms with Gasteiger partial charge in [0.25, 0.3) is 0 Å². The first-order chi connectivity index (χ1) is 13.0. The number of hydrogen-bond donors (Lipinski definition) is 0. The van der Waals surface area contributed by atoms with Crippen LogP contribution in [-0.2, 0) is 26.2 Å². The summed E-state index contributed by atoms with van der Waals surface area (Å²) in [7, 11) is 0. The van der Waals surface area contributed by atoms with E-state index < -0.39 is 0 Å². The Morgan fingerprint density at radius 1 is 0.857 bits per heavy atom. The van der Waals surface area contributed by atoms with Gasteiger partial charge in [0.05, 0.1) is 0 Å². The van der Waals surface area contributed by atoms with E-state index >= 15 is 0 Å². The summed E-state index contributed by atoms with van der Waals surface area (Å²) in [6, 6.07) is 24.7. The summed E-state index contributed by atoms with van der Waals surface area (Å²) in [5, 5.41) is 4.81. The van der Waals surface area contributed by atoms with Crippen molar-refractivity contribution >= 4 is 11.4 Å². The molecule has 1 aromatic heterocycles. The standard InChI is InChI=1S/C19H23N2.C6H5.Zr/c1-13(2)16-9-8-10-17(14(3)4)19(16)21-15(5)18-11-6-7-12-20-18;1-2-4-6-5-3-1;/h6-14H,5H2,1-4H3;1-5H;/q2*-1;+2. The van der Waals surface area contributed by atoms with Crippen molar-refractivity contribution in [2.24, 2.45) is 0 Å². The molecule has 0 saturated carbocycles. The molecule has 0 amide bonds. The molecule has 1 heterocycles. The van der Waals surface area contributed by atoms with Crippen LogP contribution in [0, 0.1) is 6.07 Å². The molecule has 28 heavy (non-hydrogen) atoms. The van der Waals surface area contributed by atoms with Crippen LogP contribution in [0.25, 0.3) is 11.0 Å². The summed E-state index contributed by atoms with van der Waals surface area (Å²) < 4.78 is 0. The average molecular weight is 448 g/mol. The summed E-state index contributed by atoms with van der Waals surface area (Å²) in [6.07, 6.45) is 1.77. The third-order valence-electron chi connectivity index (χ3n) is 4.16. The van der Waals surface area contributed by atoms with Crippen LogP contribution in [0.15, 0.2) is 79.5 Å². The zero-order valence-electron chi connectivity index (χ0n) is 17.2. The van der Waals surface area contributed by atoms with Gasteiger partial charge in [-0.25, -0.2) is 0 Å². The minimum Gasteiger partial charge on any atom is -0.656 e. The molecule has 0 radical (unpaired) electrons. The zero-order chi connectivity index (χ0) is 19.6. The van der Waals surface area contributed by atoms with E-state index in [0.29, 0.717) is 17.5 Å². The van der Waals surface area contributed by atoms with Crippen LogP contribution in [0.5, 0.6) is 0 Å². The molecule has 3 aromatic rings. The second-order valence-electron chi connectivity index (χ2n) is 6.95. The summed E-state index contributed by atoms with van der Waals surface area (Å²) in [4.78, 5) is 4.33. The zero-order valence-corrected chi connectivity index (χ0v) is 19.6. The van der Waals surface area contributed by atoms with Crippen LogP contribution < -0.4 is 0 Å². The van der Waals surface area contributed by atoms with Gasteiger partial charge in [0.15, 0.2) is 0 Å². The minimum absolute atomic E-state index is 0. The van der Waals surface area contributed by atoms with Gasteiger partial charge in [-0.05, 0) is 24.0 Å². The van der Waals surface area contributed by atoms with Crippen LogP contribution in [0.3, 0.4) is 0 Å². The smallest absolute Gasteiger partial charge is 0.656 e. The van der Waals surface area contributed by atoms with Gasteiger partial charge in [-0.2, -0.15) is 36.4 Å². The van der Waals surface area contributed by atoms with Crippen molar-refractivity contribution in [3.63, 3.8) is 0 Å². The third kappa shape index (κ3) is 7.20. The van der Waals surface area contributed by atoms with Gasteiger partial charge >= 0.3 is 26.2 Å². The van der Waals surface area contributed by atoms with E-state index in [0.717, 1.165) is 11.4 Å².